The molecular formula is C11H17N3O5S. The van der Waals surface area contributed by atoms with E-state index < -0.39 is 21.4 Å². The van der Waals surface area contributed by atoms with E-state index in [-0.39, 0.29) is 24.4 Å². The minimum absolute atomic E-state index is 0.0670. The first-order valence-electron chi connectivity index (χ1n) is 6.18. The number of H-pyrrole nitrogens is 1. The summed E-state index contributed by atoms with van der Waals surface area (Å²) in [7, 11) is -3.78. The van der Waals surface area contributed by atoms with Crippen LogP contribution in [0.25, 0.3) is 0 Å². The standard InChI is InChI=1S/C11H17N3O5S/c1-8-12-6-9(14-8)20(17,18)13-7-11(10(15)16)2-4-19-5-3-11/h6,13H,2-5,7H2,1H3,(H,12,14)(H,15,16). The topological polar surface area (TPSA) is 121 Å². The number of aromatic amines is 1. The van der Waals surface area contributed by atoms with Gasteiger partial charge in [-0.2, -0.15) is 0 Å². The van der Waals surface area contributed by atoms with E-state index in [0.717, 1.165) is 0 Å². The van der Waals surface area contributed by atoms with E-state index in [1.54, 1.807) is 6.92 Å². The zero-order valence-electron chi connectivity index (χ0n) is 11.0. The number of carboxylic acids is 1. The summed E-state index contributed by atoms with van der Waals surface area (Å²) < 4.78 is 31.6. The van der Waals surface area contributed by atoms with Crippen molar-refractivity contribution in [1.82, 2.24) is 14.7 Å². The number of nitrogens with one attached hydrogen (secondary N) is 2. The summed E-state index contributed by atoms with van der Waals surface area (Å²) in [4.78, 5) is 17.9. The predicted molar refractivity (Wildman–Crippen MR) is 68.6 cm³/mol. The number of carbonyl (C=O) groups is 1. The lowest BCUT2D eigenvalue weighted by atomic mass is 9.80. The highest BCUT2D eigenvalue weighted by Gasteiger charge is 2.41. The van der Waals surface area contributed by atoms with Crippen molar-refractivity contribution >= 4 is 16.0 Å². The van der Waals surface area contributed by atoms with E-state index in [0.29, 0.717) is 19.0 Å². The van der Waals surface area contributed by atoms with Gasteiger partial charge in [0.25, 0.3) is 10.0 Å². The molecule has 20 heavy (non-hydrogen) atoms. The lowest BCUT2D eigenvalue weighted by Crippen LogP contribution is -2.46. The van der Waals surface area contributed by atoms with E-state index in [4.69, 9.17) is 4.74 Å². The van der Waals surface area contributed by atoms with E-state index >= 15 is 0 Å². The number of aromatic nitrogens is 2. The molecule has 1 aromatic heterocycles. The molecule has 0 aromatic carbocycles. The molecule has 8 nitrogen and oxygen atoms in total. The molecule has 1 aliphatic rings. The highest BCUT2D eigenvalue weighted by Crippen LogP contribution is 2.30. The Bertz CT molecular complexity index is 589. The lowest BCUT2D eigenvalue weighted by Gasteiger charge is -2.32. The van der Waals surface area contributed by atoms with Gasteiger partial charge in [0.1, 0.15) is 5.82 Å². The van der Waals surface area contributed by atoms with Crippen molar-refractivity contribution < 1.29 is 23.1 Å². The summed E-state index contributed by atoms with van der Waals surface area (Å²) in [6.45, 7) is 2.11. The van der Waals surface area contributed by atoms with Gasteiger partial charge in [-0.05, 0) is 19.8 Å². The molecule has 3 N–H and O–H groups in total. The third kappa shape index (κ3) is 3.00. The molecule has 0 saturated carbocycles. The van der Waals surface area contributed by atoms with Crippen LogP contribution in [0.2, 0.25) is 0 Å². The molecule has 1 aliphatic heterocycles. The number of nitrogens with zero attached hydrogens (tertiary/aromatic N) is 1. The summed E-state index contributed by atoms with van der Waals surface area (Å²) in [6.07, 6.45) is 1.77. The second-order valence-electron chi connectivity index (χ2n) is 4.86. The Labute approximate surface area is 116 Å². The van der Waals surface area contributed by atoms with Gasteiger partial charge in [-0.3, -0.25) is 4.79 Å². The fourth-order valence-corrected chi connectivity index (χ4v) is 3.17. The van der Waals surface area contributed by atoms with Crippen LogP contribution in [-0.4, -0.2) is 49.2 Å². The zero-order valence-corrected chi connectivity index (χ0v) is 11.9. The monoisotopic (exact) mass is 303 g/mol. The molecule has 9 heteroatoms. The number of hydrogen-bond donors (Lipinski definition) is 3. The van der Waals surface area contributed by atoms with Gasteiger partial charge < -0.3 is 14.8 Å². The largest absolute Gasteiger partial charge is 0.481 e. The Hall–Kier alpha value is -1.45. The lowest BCUT2D eigenvalue weighted by molar-refractivity contribution is -0.154. The normalized spacial score (nSPS) is 18.9. The average molecular weight is 303 g/mol. The SMILES string of the molecule is Cc1ncc(S(=O)(=O)NCC2(C(=O)O)CCOCC2)[nH]1. The van der Waals surface area contributed by atoms with Crippen molar-refractivity contribution in [3.63, 3.8) is 0 Å². The first-order chi connectivity index (χ1) is 9.36. The van der Waals surface area contributed by atoms with Gasteiger partial charge in [-0.15, -0.1) is 0 Å². The third-order valence-corrected chi connectivity index (χ3v) is 4.78. The second kappa shape index (κ2) is 5.51. The number of hydrogen-bond acceptors (Lipinski definition) is 5. The molecule has 1 fully saturated rings. The Morgan fingerprint density at radius 2 is 2.20 bits per heavy atom. The maximum Gasteiger partial charge on any atom is 0.311 e. The van der Waals surface area contributed by atoms with Crippen LogP contribution in [-0.2, 0) is 19.6 Å². The van der Waals surface area contributed by atoms with Crippen LogP contribution in [0.3, 0.4) is 0 Å². The van der Waals surface area contributed by atoms with Crippen LogP contribution in [0.5, 0.6) is 0 Å². The Morgan fingerprint density at radius 1 is 1.55 bits per heavy atom. The maximum atomic E-state index is 12.0. The Morgan fingerprint density at radius 3 is 2.70 bits per heavy atom. The summed E-state index contributed by atoms with van der Waals surface area (Å²) >= 11 is 0. The van der Waals surface area contributed by atoms with Crippen LogP contribution in [0.4, 0.5) is 0 Å². The number of aliphatic carboxylic acids is 1. The quantitative estimate of drug-likeness (QED) is 0.697. The molecule has 0 aliphatic carbocycles. The van der Waals surface area contributed by atoms with Crippen molar-refractivity contribution in [2.45, 2.75) is 24.8 Å². The van der Waals surface area contributed by atoms with Crippen LogP contribution in [0.15, 0.2) is 11.2 Å². The fraction of sp³-hybridized carbons (Fsp3) is 0.636. The Balaban J connectivity index is 2.11. The van der Waals surface area contributed by atoms with Crippen LogP contribution in [0, 0.1) is 12.3 Å². The minimum atomic E-state index is -3.78. The van der Waals surface area contributed by atoms with Crippen LogP contribution in [0.1, 0.15) is 18.7 Å². The summed E-state index contributed by atoms with van der Waals surface area (Å²) in [6, 6.07) is 0. The van der Waals surface area contributed by atoms with Gasteiger partial charge in [-0.25, -0.2) is 18.1 Å². The molecule has 2 rings (SSSR count). The molecule has 0 bridgehead atoms. The third-order valence-electron chi connectivity index (χ3n) is 3.47. The molecule has 1 saturated heterocycles. The van der Waals surface area contributed by atoms with E-state index in [1.807, 2.05) is 0 Å². The highest BCUT2D eigenvalue weighted by atomic mass is 32.2. The van der Waals surface area contributed by atoms with Crippen molar-refractivity contribution in [2.75, 3.05) is 19.8 Å². The van der Waals surface area contributed by atoms with Crippen molar-refractivity contribution in [3.8, 4) is 0 Å². The fourth-order valence-electron chi connectivity index (χ4n) is 2.07. The zero-order chi connectivity index (χ0) is 14.8. The smallest absolute Gasteiger partial charge is 0.311 e. The molecule has 0 amide bonds. The van der Waals surface area contributed by atoms with E-state index in [9.17, 15) is 18.3 Å². The number of imidazole rings is 1. The first-order valence-corrected chi connectivity index (χ1v) is 7.66. The van der Waals surface area contributed by atoms with Crippen molar-refractivity contribution in [2.24, 2.45) is 5.41 Å². The first kappa shape index (κ1) is 14.9. The molecule has 0 radical (unpaired) electrons. The maximum absolute atomic E-state index is 12.0. The molecule has 0 unspecified atom stereocenters. The highest BCUT2D eigenvalue weighted by molar-refractivity contribution is 7.89. The van der Waals surface area contributed by atoms with Gasteiger partial charge in [0.15, 0.2) is 5.03 Å². The number of rotatable bonds is 5. The number of aryl methyl sites for hydroxylation is 1. The van der Waals surface area contributed by atoms with Gasteiger partial charge in [0.05, 0.1) is 11.6 Å². The van der Waals surface area contributed by atoms with Crippen molar-refractivity contribution in [3.05, 3.63) is 12.0 Å². The second-order valence-corrected chi connectivity index (χ2v) is 6.59. The minimum Gasteiger partial charge on any atom is -0.481 e. The van der Waals surface area contributed by atoms with Crippen LogP contribution < -0.4 is 4.72 Å². The number of carboxylic acid groups (broad SMARTS) is 1. The summed E-state index contributed by atoms with van der Waals surface area (Å²) in [5.74, 6) is -0.534. The van der Waals surface area contributed by atoms with Crippen LogP contribution >= 0.6 is 0 Å². The molecule has 1 aromatic rings. The van der Waals surface area contributed by atoms with Gasteiger partial charge >= 0.3 is 5.97 Å². The predicted octanol–water partition coefficient (Wildman–Crippen LogP) is -0.122. The van der Waals surface area contributed by atoms with Gasteiger partial charge in [-0.1, -0.05) is 0 Å². The van der Waals surface area contributed by atoms with E-state index in [1.165, 1.54) is 6.20 Å². The average Bonchev–Trinajstić information content (AvgIpc) is 2.85. The molecule has 2 heterocycles. The van der Waals surface area contributed by atoms with Crippen molar-refractivity contribution in [1.29, 1.82) is 0 Å². The number of sulfonamides is 1. The van der Waals surface area contributed by atoms with Gasteiger partial charge in [0, 0.05) is 19.8 Å². The Kier molecular flexibility index (Phi) is 4.11. The number of ether oxygens (including phenoxy) is 1. The summed E-state index contributed by atoms with van der Waals surface area (Å²) in [5, 5.41) is 9.28. The van der Waals surface area contributed by atoms with E-state index in [2.05, 4.69) is 14.7 Å². The molecular weight excluding hydrogens is 286 g/mol. The molecule has 0 spiro atoms. The molecule has 112 valence electrons. The van der Waals surface area contributed by atoms with Gasteiger partial charge in [0.2, 0.25) is 0 Å². The summed E-state index contributed by atoms with van der Waals surface area (Å²) in [5.41, 5.74) is -1.11. The molecule has 0 atom stereocenters.